The van der Waals surface area contributed by atoms with Gasteiger partial charge < -0.3 is 4.57 Å². The molecule has 2 aromatic heterocycles. The summed E-state index contributed by atoms with van der Waals surface area (Å²) in [5.74, 6) is 0.0838. The zero-order valence-electron chi connectivity index (χ0n) is 18.3. The van der Waals surface area contributed by atoms with Gasteiger partial charge in [0.1, 0.15) is 4.70 Å². The molecule has 2 heterocycles. The second kappa shape index (κ2) is 10.3. The molecule has 0 unspecified atom stereocenters. The van der Waals surface area contributed by atoms with Crippen LogP contribution in [0.1, 0.15) is 15.9 Å². The predicted molar refractivity (Wildman–Crippen MR) is 146 cm³/mol. The fourth-order valence-corrected chi connectivity index (χ4v) is 6.00. The number of carbonyl (C=O) groups is 1. The van der Waals surface area contributed by atoms with Gasteiger partial charge in [-0.05, 0) is 36.0 Å². The molecular weight excluding hydrogens is 518 g/mol. The van der Waals surface area contributed by atoms with E-state index >= 15 is 0 Å². The van der Waals surface area contributed by atoms with Crippen molar-refractivity contribution in [1.29, 1.82) is 0 Å². The minimum Gasteiger partial charge on any atom is -0.303 e. The second-order valence-electron chi connectivity index (χ2n) is 7.69. The average Bonchev–Trinajstić information content (AvgIpc) is 3.19. The van der Waals surface area contributed by atoms with Crippen LogP contribution in [0.3, 0.4) is 0 Å². The Bertz CT molecular complexity index is 1640. The molecule has 0 aliphatic heterocycles. The average molecular weight is 536 g/mol. The van der Waals surface area contributed by atoms with E-state index in [1.54, 1.807) is 36.4 Å². The Morgan fingerprint density at radius 2 is 1.71 bits per heavy atom. The third-order valence-electron chi connectivity index (χ3n) is 5.34. The quantitative estimate of drug-likeness (QED) is 0.101. The van der Waals surface area contributed by atoms with Crippen LogP contribution in [0.5, 0.6) is 0 Å². The molecule has 0 saturated carbocycles. The van der Waals surface area contributed by atoms with E-state index in [1.807, 2.05) is 53.1 Å². The van der Waals surface area contributed by atoms with Gasteiger partial charge >= 0.3 is 0 Å². The van der Waals surface area contributed by atoms with Crippen molar-refractivity contribution in [3.63, 3.8) is 0 Å². The lowest BCUT2D eigenvalue weighted by atomic mass is 10.2. The van der Waals surface area contributed by atoms with Crippen molar-refractivity contribution in [1.82, 2.24) is 14.1 Å². The Morgan fingerprint density at radius 3 is 2.43 bits per heavy atom. The van der Waals surface area contributed by atoms with Crippen molar-refractivity contribution < 1.29 is 4.79 Å². The van der Waals surface area contributed by atoms with Crippen LogP contribution in [0.15, 0.2) is 94.9 Å². The van der Waals surface area contributed by atoms with E-state index < -0.39 is 0 Å². The summed E-state index contributed by atoms with van der Waals surface area (Å²) in [5, 5.41) is 0.906. The van der Waals surface area contributed by atoms with Gasteiger partial charge in [-0.2, -0.15) is 0 Å². The maximum absolute atomic E-state index is 13.7. The summed E-state index contributed by atoms with van der Waals surface area (Å²) in [5.41, 5.74) is 2.52. The highest BCUT2D eigenvalue weighted by Crippen LogP contribution is 2.27. The number of halogens is 1. The minimum atomic E-state index is -0.241. The normalized spacial score (nSPS) is 11.1. The first-order chi connectivity index (χ1) is 17.0. The molecule has 0 aliphatic carbocycles. The summed E-state index contributed by atoms with van der Waals surface area (Å²) >= 11 is 14.3. The first-order valence-corrected chi connectivity index (χ1v) is 13.3. The van der Waals surface area contributed by atoms with Gasteiger partial charge in [-0.1, -0.05) is 101 Å². The molecule has 0 aliphatic rings. The molecule has 0 radical (unpaired) electrons. The van der Waals surface area contributed by atoms with E-state index in [4.69, 9.17) is 28.8 Å². The van der Waals surface area contributed by atoms with Gasteiger partial charge in [0.25, 0.3) is 5.56 Å². The van der Waals surface area contributed by atoms with Crippen molar-refractivity contribution in [3.05, 3.63) is 115 Å². The number of aromatic nitrogens is 3. The van der Waals surface area contributed by atoms with Crippen LogP contribution in [0.25, 0.3) is 16.0 Å². The van der Waals surface area contributed by atoms with Gasteiger partial charge in [-0.15, -0.1) is 0 Å². The molecule has 0 spiro atoms. The molecular formula is C26H18ClN3O2S3. The number of thioether (sulfide) groups is 1. The number of ketones is 1. The molecule has 0 amide bonds. The first kappa shape index (κ1) is 23.7. The second-order valence-corrected chi connectivity index (χ2v) is 10.7. The number of rotatable bonds is 7. The van der Waals surface area contributed by atoms with E-state index in [1.165, 1.54) is 27.7 Å². The summed E-state index contributed by atoms with van der Waals surface area (Å²) in [6, 6.07) is 26.0. The van der Waals surface area contributed by atoms with Crippen molar-refractivity contribution in [3.8, 4) is 5.69 Å². The van der Waals surface area contributed by atoms with Crippen molar-refractivity contribution in [2.45, 2.75) is 11.7 Å². The van der Waals surface area contributed by atoms with Crippen LogP contribution in [-0.2, 0) is 6.54 Å². The standard InChI is InChI=1S/C26H18ClN3O2S3/c27-19-12-7-13-20(14-19)30-24(32)22-23(29(26(33)35-22)15-17-8-3-1-4-9-17)28-25(30)34-16-21(31)18-10-5-2-6-11-18/h1-14H,15-16H2. The molecule has 5 aromatic rings. The number of hydrogen-bond donors (Lipinski definition) is 0. The van der Waals surface area contributed by atoms with Crippen LogP contribution in [-0.4, -0.2) is 25.7 Å². The number of thiazole rings is 1. The Morgan fingerprint density at radius 1 is 1.00 bits per heavy atom. The zero-order chi connectivity index (χ0) is 24.4. The molecule has 9 heteroatoms. The molecule has 174 valence electrons. The first-order valence-electron chi connectivity index (χ1n) is 10.7. The van der Waals surface area contributed by atoms with Crippen molar-refractivity contribution in [2.24, 2.45) is 0 Å². The Labute approximate surface area is 219 Å². The molecule has 0 N–H and O–H groups in total. The summed E-state index contributed by atoms with van der Waals surface area (Å²) in [4.78, 5) is 31.4. The fourth-order valence-electron chi connectivity index (χ4n) is 3.66. The van der Waals surface area contributed by atoms with Crippen molar-refractivity contribution in [2.75, 3.05) is 5.75 Å². The Balaban J connectivity index is 1.64. The topological polar surface area (TPSA) is 56.9 Å². The van der Waals surface area contributed by atoms with E-state index in [9.17, 15) is 9.59 Å². The molecule has 5 rings (SSSR count). The van der Waals surface area contributed by atoms with E-state index in [0.717, 1.165) is 5.56 Å². The van der Waals surface area contributed by atoms with Gasteiger partial charge in [0.2, 0.25) is 0 Å². The highest BCUT2D eigenvalue weighted by molar-refractivity contribution is 7.99. The van der Waals surface area contributed by atoms with Gasteiger partial charge in [0, 0.05) is 10.6 Å². The van der Waals surface area contributed by atoms with Crippen LogP contribution < -0.4 is 5.56 Å². The lowest BCUT2D eigenvalue weighted by Crippen LogP contribution is -2.22. The summed E-state index contributed by atoms with van der Waals surface area (Å²) in [7, 11) is 0. The lowest BCUT2D eigenvalue weighted by Gasteiger charge is -2.13. The van der Waals surface area contributed by atoms with Crippen LogP contribution in [0, 0.1) is 3.95 Å². The van der Waals surface area contributed by atoms with Crippen LogP contribution >= 0.6 is 46.9 Å². The Kier molecular flexibility index (Phi) is 6.97. The highest BCUT2D eigenvalue weighted by Gasteiger charge is 2.20. The molecule has 3 aromatic carbocycles. The van der Waals surface area contributed by atoms with Gasteiger partial charge in [0.05, 0.1) is 18.0 Å². The molecule has 0 saturated heterocycles. The SMILES string of the molecule is O=C(CSc1nc2c(sc(=S)n2Cc2ccccc2)c(=O)n1-c1cccc(Cl)c1)c1ccccc1. The third kappa shape index (κ3) is 5.01. The van der Waals surface area contributed by atoms with E-state index in [2.05, 4.69) is 0 Å². The van der Waals surface area contributed by atoms with Gasteiger partial charge in [-0.25, -0.2) is 4.98 Å². The number of benzene rings is 3. The number of hydrogen-bond acceptors (Lipinski definition) is 6. The van der Waals surface area contributed by atoms with Gasteiger partial charge in [0.15, 0.2) is 20.5 Å². The van der Waals surface area contributed by atoms with Crippen LogP contribution in [0.2, 0.25) is 5.02 Å². The molecule has 5 nitrogen and oxygen atoms in total. The van der Waals surface area contributed by atoms with E-state index in [0.29, 0.717) is 42.3 Å². The summed E-state index contributed by atoms with van der Waals surface area (Å²) in [6.45, 7) is 0.500. The minimum absolute atomic E-state index is 0.0472. The lowest BCUT2D eigenvalue weighted by molar-refractivity contribution is 0.102. The van der Waals surface area contributed by atoms with E-state index in [-0.39, 0.29) is 17.1 Å². The monoisotopic (exact) mass is 535 g/mol. The fraction of sp³-hybridized carbons (Fsp3) is 0.0769. The number of nitrogens with zero attached hydrogens (tertiary/aromatic N) is 3. The number of carbonyl (C=O) groups excluding carboxylic acids is 1. The third-order valence-corrected chi connectivity index (χ3v) is 7.94. The molecule has 35 heavy (non-hydrogen) atoms. The molecule has 0 fully saturated rings. The summed E-state index contributed by atoms with van der Waals surface area (Å²) in [6.07, 6.45) is 0. The zero-order valence-corrected chi connectivity index (χ0v) is 21.5. The van der Waals surface area contributed by atoms with Crippen LogP contribution in [0.4, 0.5) is 0 Å². The molecule has 0 atom stereocenters. The maximum atomic E-state index is 13.7. The predicted octanol–water partition coefficient (Wildman–Crippen LogP) is 6.65. The molecule has 0 bridgehead atoms. The largest absolute Gasteiger partial charge is 0.303 e. The maximum Gasteiger partial charge on any atom is 0.278 e. The summed E-state index contributed by atoms with van der Waals surface area (Å²) < 4.78 is 4.41. The van der Waals surface area contributed by atoms with Gasteiger partial charge in [-0.3, -0.25) is 14.2 Å². The number of Topliss-reactive ketones (excluding diaryl/α,β-unsaturated/α-hetero) is 1. The Hall–Kier alpha value is -3.04. The number of fused-ring (bicyclic) bond motifs is 1. The van der Waals surface area contributed by atoms with Crippen molar-refractivity contribution >= 4 is 63.0 Å². The highest BCUT2D eigenvalue weighted by atomic mass is 35.5. The smallest absolute Gasteiger partial charge is 0.278 e.